The van der Waals surface area contributed by atoms with E-state index in [2.05, 4.69) is 15.9 Å². The van der Waals surface area contributed by atoms with Crippen molar-refractivity contribution in [2.45, 2.75) is 12.5 Å². The van der Waals surface area contributed by atoms with Gasteiger partial charge in [-0.1, -0.05) is 0 Å². The molecule has 1 atom stereocenters. The first-order valence-corrected chi connectivity index (χ1v) is 5.73. The number of carboxylic acid groups (broad SMARTS) is 1. The van der Waals surface area contributed by atoms with E-state index in [4.69, 9.17) is 15.6 Å². The molecular formula is C10H10BrFN2O5. The molecule has 0 amide bonds. The lowest BCUT2D eigenvalue weighted by Crippen LogP contribution is -2.50. The minimum atomic E-state index is -1.74. The van der Waals surface area contributed by atoms with Crippen LogP contribution in [0.1, 0.15) is 6.92 Å². The minimum absolute atomic E-state index is 0.0969. The van der Waals surface area contributed by atoms with Crippen LogP contribution < -0.4 is 10.5 Å². The zero-order valence-electron chi connectivity index (χ0n) is 9.72. The second-order valence-corrected chi connectivity index (χ2v) is 4.86. The Labute approximate surface area is 115 Å². The number of nitrogens with zero attached hydrogens (tertiary/aromatic N) is 1. The van der Waals surface area contributed by atoms with Crippen molar-refractivity contribution >= 4 is 27.6 Å². The number of carbonyl (C=O) groups is 1. The largest absolute Gasteiger partial charge is 0.484 e. The molecule has 1 unspecified atom stereocenters. The Balaban J connectivity index is 3.04. The highest BCUT2D eigenvalue weighted by molar-refractivity contribution is 9.10. The normalized spacial score (nSPS) is 13.7. The van der Waals surface area contributed by atoms with Gasteiger partial charge in [0.05, 0.1) is 9.40 Å². The summed E-state index contributed by atoms with van der Waals surface area (Å²) >= 11 is 2.81. The lowest BCUT2D eigenvalue weighted by molar-refractivity contribution is -0.386. The number of nitro benzene ring substituents is 1. The van der Waals surface area contributed by atoms with E-state index in [1.165, 1.54) is 6.92 Å². The smallest absolute Gasteiger partial charge is 0.326 e. The van der Waals surface area contributed by atoms with E-state index in [1.54, 1.807) is 0 Å². The Morgan fingerprint density at radius 1 is 1.68 bits per heavy atom. The van der Waals surface area contributed by atoms with Crippen molar-refractivity contribution in [3.63, 3.8) is 0 Å². The van der Waals surface area contributed by atoms with Crippen LogP contribution in [-0.4, -0.2) is 28.1 Å². The predicted octanol–water partition coefficient (Wildman–Crippen LogP) is 1.68. The number of hydrogen-bond acceptors (Lipinski definition) is 5. The fraction of sp³-hybridized carbons (Fsp3) is 0.300. The monoisotopic (exact) mass is 336 g/mol. The topological polar surface area (TPSA) is 116 Å². The van der Waals surface area contributed by atoms with Gasteiger partial charge in [-0.05, 0) is 22.9 Å². The highest BCUT2D eigenvalue weighted by Crippen LogP contribution is 2.32. The molecule has 0 heterocycles. The number of aliphatic carboxylic acids is 1. The van der Waals surface area contributed by atoms with E-state index in [0.29, 0.717) is 0 Å². The van der Waals surface area contributed by atoms with Crippen LogP contribution in [0.5, 0.6) is 5.75 Å². The van der Waals surface area contributed by atoms with Crippen molar-refractivity contribution in [2.24, 2.45) is 5.73 Å². The van der Waals surface area contributed by atoms with Gasteiger partial charge in [-0.2, -0.15) is 0 Å². The summed E-state index contributed by atoms with van der Waals surface area (Å²) in [4.78, 5) is 20.8. The van der Waals surface area contributed by atoms with Crippen LogP contribution in [0.3, 0.4) is 0 Å². The summed E-state index contributed by atoms with van der Waals surface area (Å²) in [6.45, 7) is 0.640. The molecule has 3 N–H and O–H groups in total. The molecule has 0 aliphatic carbocycles. The maximum Gasteiger partial charge on any atom is 0.326 e. The Bertz CT molecular complexity index is 535. The molecule has 1 rings (SSSR count). The van der Waals surface area contributed by atoms with Gasteiger partial charge in [0.15, 0.2) is 5.75 Å². The quantitative estimate of drug-likeness (QED) is 0.624. The molecule has 1 aromatic rings. The SMILES string of the molecule is CC(N)(COc1cc(F)c(Br)cc1[N+](=O)[O-])C(=O)O. The van der Waals surface area contributed by atoms with Crippen LogP contribution in [0.4, 0.5) is 10.1 Å². The fourth-order valence-electron chi connectivity index (χ4n) is 1.07. The standard InChI is InChI=1S/C10H10BrFN2O5/c1-10(13,9(15)16)4-19-8-3-6(12)5(11)2-7(8)14(17)18/h2-3H,4,13H2,1H3,(H,15,16). The van der Waals surface area contributed by atoms with Crippen LogP contribution >= 0.6 is 15.9 Å². The molecule has 1 aromatic carbocycles. The number of hydrogen-bond donors (Lipinski definition) is 2. The first kappa shape index (κ1) is 15.3. The maximum atomic E-state index is 13.3. The Kier molecular flexibility index (Phi) is 4.43. The van der Waals surface area contributed by atoms with Crippen molar-refractivity contribution in [1.29, 1.82) is 0 Å². The summed E-state index contributed by atoms with van der Waals surface area (Å²) in [5.41, 5.74) is 3.17. The number of nitro groups is 1. The Hall–Kier alpha value is -1.74. The summed E-state index contributed by atoms with van der Waals surface area (Å²) in [7, 11) is 0. The maximum absolute atomic E-state index is 13.3. The molecule has 9 heteroatoms. The van der Waals surface area contributed by atoms with Crippen molar-refractivity contribution < 1.29 is 24.0 Å². The number of carboxylic acids is 1. The molecule has 0 saturated heterocycles. The molecule has 0 radical (unpaired) electrons. The number of rotatable bonds is 5. The lowest BCUT2D eigenvalue weighted by Gasteiger charge is -2.19. The van der Waals surface area contributed by atoms with Gasteiger partial charge in [0.2, 0.25) is 0 Å². The van der Waals surface area contributed by atoms with E-state index in [9.17, 15) is 19.3 Å². The molecular weight excluding hydrogens is 327 g/mol. The first-order chi connectivity index (χ1) is 8.65. The highest BCUT2D eigenvalue weighted by Gasteiger charge is 2.30. The summed E-state index contributed by atoms with van der Waals surface area (Å²) < 4.78 is 18.2. The minimum Gasteiger partial charge on any atom is -0.484 e. The van der Waals surface area contributed by atoms with Crippen LogP contribution in [0.25, 0.3) is 0 Å². The van der Waals surface area contributed by atoms with Crippen LogP contribution in [0.15, 0.2) is 16.6 Å². The second-order valence-electron chi connectivity index (χ2n) is 4.00. The number of halogens is 2. The average molecular weight is 337 g/mol. The van der Waals surface area contributed by atoms with Crippen molar-refractivity contribution in [1.82, 2.24) is 0 Å². The molecule has 0 saturated carbocycles. The number of benzene rings is 1. The van der Waals surface area contributed by atoms with E-state index in [0.717, 1.165) is 12.1 Å². The summed E-state index contributed by atoms with van der Waals surface area (Å²) in [6.07, 6.45) is 0. The third kappa shape index (κ3) is 3.61. The molecule has 0 fully saturated rings. The number of nitrogens with two attached hydrogens (primary N) is 1. The van der Waals surface area contributed by atoms with E-state index in [1.807, 2.05) is 0 Å². The van der Waals surface area contributed by atoms with Gasteiger partial charge in [0, 0.05) is 12.1 Å². The van der Waals surface area contributed by atoms with Crippen molar-refractivity contribution in [2.75, 3.05) is 6.61 Å². The number of ether oxygens (including phenoxy) is 1. The third-order valence-corrected chi connectivity index (χ3v) is 2.82. The van der Waals surface area contributed by atoms with Gasteiger partial charge in [0.1, 0.15) is 18.0 Å². The zero-order valence-corrected chi connectivity index (χ0v) is 11.3. The van der Waals surface area contributed by atoms with Gasteiger partial charge in [-0.25, -0.2) is 4.39 Å². The molecule has 19 heavy (non-hydrogen) atoms. The molecule has 0 aromatic heterocycles. The van der Waals surface area contributed by atoms with Gasteiger partial charge >= 0.3 is 11.7 Å². The molecule has 0 aliphatic rings. The van der Waals surface area contributed by atoms with Crippen molar-refractivity contribution in [3.05, 3.63) is 32.5 Å². The van der Waals surface area contributed by atoms with E-state index in [-0.39, 0.29) is 10.2 Å². The second kappa shape index (κ2) is 5.49. The van der Waals surface area contributed by atoms with Crippen LogP contribution in [0.2, 0.25) is 0 Å². The molecule has 0 spiro atoms. The zero-order chi connectivity index (χ0) is 14.8. The van der Waals surface area contributed by atoms with Gasteiger partial charge < -0.3 is 15.6 Å². The Morgan fingerprint density at radius 3 is 2.74 bits per heavy atom. The van der Waals surface area contributed by atoms with E-state index >= 15 is 0 Å². The highest BCUT2D eigenvalue weighted by atomic mass is 79.9. The molecule has 104 valence electrons. The summed E-state index contributed by atoms with van der Waals surface area (Å²) in [5.74, 6) is -2.49. The van der Waals surface area contributed by atoms with Crippen LogP contribution in [0, 0.1) is 15.9 Å². The third-order valence-electron chi connectivity index (χ3n) is 2.21. The van der Waals surface area contributed by atoms with E-state index < -0.39 is 34.5 Å². The van der Waals surface area contributed by atoms with Crippen LogP contribution in [-0.2, 0) is 4.79 Å². The van der Waals surface area contributed by atoms with Crippen molar-refractivity contribution in [3.8, 4) is 5.75 Å². The fourth-order valence-corrected chi connectivity index (χ4v) is 1.40. The van der Waals surface area contributed by atoms with Gasteiger partial charge in [-0.3, -0.25) is 14.9 Å². The summed E-state index contributed by atoms with van der Waals surface area (Å²) in [5, 5.41) is 19.6. The first-order valence-electron chi connectivity index (χ1n) is 4.93. The summed E-state index contributed by atoms with van der Waals surface area (Å²) in [6, 6.07) is 1.72. The molecule has 0 aliphatic heterocycles. The van der Waals surface area contributed by atoms with Gasteiger partial charge in [0.25, 0.3) is 0 Å². The van der Waals surface area contributed by atoms with Gasteiger partial charge in [-0.15, -0.1) is 0 Å². The predicted molar refractivity (Wildman–Crippen MR) is 66.5 cm³/mol. The Morgan fingerprint density at radius 2 is 2.26 bits per heavy atom. The average Bonchev–Trinajstić information content (AvgIpc) is 2.29. The molecule has 0 bridgehead atoms. The lowest BCUT2D eigenvalue weighted by atomic mass is 10.1. The molecule has 7 nitrogen and oxygen atoms in total.